The first-order valence-electron chi connectivity index (χ1n) is 9.21. The van der Waals surface area contributed by atoms with Crippen LogP contribution in [0.5, 0.6) is 0 Å². The van der Waals surface area contributed by atoms with Gasteiger partial charge in [-0.2, -0.15) is 13.2 Å². The molecule has 3 rings (SSSR count). The first-order chi connectivity index (χ1) is 13.7. The van der Waals surface area contributed by atoms with E-state index in [1.165, 1.54) is 28.5 Å². The van der Waals surface area contributed by atoms with E-state index in [-0.39, 0.29) is 24.8 Å². The third-order valence-corrected chi connectivity index (χ3v) is 5.80. The topological polar surface area (TPSA) is 59.5 Å². The zero-order chi connectivity index (χ0) is 21.2. The fraction of sp³-hybridized carbons (Fsp3) is 0.450. The van der Waals surface area contributed by atoms with Crippen LogP contribution in [0.3, 0.4) is 0 Å². The number of alkyl halides is 3. The van der Waals surface area contributed by atoms with Gasteiger partial charge >= 0.3 is 12.1 Å². The van der Waals surface area contributed by atoms with Crippen molar-refractivity contribution < 1.29 is 27.5 Å². The second-order valence-electron chi connectivity index (χ2n) is 7.02. The van der Waals surface area contributed by atoms with E-state index < -0.39 is 23.6 Å². The van der Waals surface area contributed by atoms with Crippen LogP contribution in [0.4, 0.5) is 19.0 Å². The van der Waals surface area contributed by atoms with Crippen molar-refractivity contribution in [1.29, 1.82) is 0 Å². The Balaban J connectivity index is 1.64. The predicted molar refractivity (Wildman–Crippen MR) is 103 cm³/mol. The van der Waals surface area contributed by atoms with E-state index >= 15 is 0 Å². The third kappa shape index (κ3) is 4.95. The molecule has 0 amide bonds. The standard InChI is InChI=1S/C20H21F3N2O3S/c1-12-9-15(13(2)29-12)17(26)11-28-19(27)14-5-4-8-25(10-14)18-16(20(21,22)23)6-3-7-24-18/h3,6-7,9,14H,4-5,8,10-11H2,1-2H3. The molecule has 0 N–H and O–H groups in total. The van der Waals surface area contributed by atoms with Crippen molar-refractivity contribution in [2.24, 2.45) is 5.92 Å². The number of aromatic nitrogens is 1. The van der Waals surface area contributed by atoms with Crippen molar-refractivity contribution >= 4 is 28.9 Å². The number of aryl methyl sites for hydroxylation is 2. The maximum absolute atomic E-state index is 13.3. The van der Waals surface area contributed by atoms with Gasteiger partial charge < -0.3 is 9.64 Å². The molecule has 0 saturated carbocycles. The van der Waals surface area contributed by atoms with Crippen LogP contribution in [-0.4, -0.2) is 36.4 Å². The Morgan fingerprint density at radius 2 is 2.10 bits per heavy atom. The molecule has 3 heterocycles. The van der Waals surface area contributed by atoms with Crippen LogP contribution in [0.1, 0.15) is 38.5 Å². The summed E-state index contributed by atoms with van der Waals surface area (Å²) in [7, 11) is 0. The first-order valence-corrected chi connectivity index (χ1v) is 10.0. The highest BCUT2D eigenvalue weighted by atomic mass is 32.1. The molecular formula is C20H21F3N2O3S. The summed E-state index contributed by atoms with van der Waals surface area (Å²) in [5, 5.41) is 0. The Morgan fingerprint density at radius 1 is 1.34 bits per heavy atom. The Labute approximate surface area is 170 Å². The molecule has 1 saturated heterocycles. The van der Waals surface area contributed by atoms with Gasteiger partial charge in [-0.15, -0.1) is 11.3 Å². The lowest BCUT2D eigenvalue weighted by Crippen LogP contribution is -2.41. The summed E-state index contributed by atoms with van der Waals surface area (Å²) < 4.78 is 45.0. The van der Waals surface area contributed by atoms with Crippen LogP contribution >= 0.6 is 11.3 Å². The van der Waals surface area contributed by atoms with Gasteiger partial charge in [-0.05, 0) is 44.9 Å². The molecule has 0 aliphatic carbocycles. The number of nitrogens with zero attached hydrogens (tertiary/aromatic N) is 2. The lowest BCUT2D eigenvalue weighted by molar-refractivity contribution is -0.147. The van der Waals surface area contributed by atoms with Gasteiger partial charge in [0.15, 0.2) is 6.61 Å². The minimum Gasteiger partial charge on any atom is -0.457 e. The van der Waals surface area contributed by atoms with Gasteiger partial charge in [-0.3, -0.25) is 9.59 Å². The van der Waals surface area contributed by atoms with E-state index in [9.17, 15) is 22.8 Å². The number of hydrogen-bond acceptors (Lipinski definition) is 6. The van der Waals surface area contributed by atoms with E-state index in [1.807, 2.05) is 13.8 Å². The quantitative estimate of drug-likeness (QED) is 0.523. The molecule has 0 spiro atoms. The summed E-state index contributed by atoms with van der Waals surface area (Å²) >= 11 is 1.49. The Morgan fingerprint density at radius 3 is 2.76 bits per heavy atom. The SMILES string of the molecule is Cc1cc(C(=O)COC(=O)C2CCCN(c3ncccc3C(F)(F)F)C2)c(C)s1. The number of Topliss-reactive ketones (excluding diaryl/α,β-unsaturated/α-hetero) is 1. The van der Waals surface area contributed by atoms with Crippen LogP contribution < -0.4 is 4.90 Å². The van der Waals surface area contributed by atoms with Crippen LogP contribution in [0.25, 0.3) is 0 Å². The summed E-state index contributed by atoms with van der Waals surface area (Å²) in [6, 6.07) is 3.98. The van der Waals surface area contributed by atoms with Crippen molar-refractivity contribution in [3.8, 4) is 0 Å². The molecule has 1 atom stereocenters. The second kappa shape index (κ2) is 8.52. The zero-order valence-electron chi connectivity index (χ0n) is 16.1. The number of halogens is 3. The summed E-state index contributed by atoms with van der Waals surface area (Å²) in [6.07, 6.45) is -2.20. The highest BCUT2D eigenvalue weighted by Gasteiger charge is 2.37. The van der Waals surface area contributed by atoms with Gasteiger partial charge in [0.1, 0.15) is 5.82 Å². The molecule has 5 nitrogen and oxygen atoms in total. The highest BCUT2D eigenvalue weighted by molar-refractivity contribution is 7.12. The zero-order valence-corrected chi connectivity index (χ0v) is 16.9. The van der Waals surface area contributed by atoms with Crippen LogP contribution in [0.15, 0.2) is 24.4 Å². The molecule has 1 aliphatic heterocycles. The Kier molecular flexibility index (Phi) is 6.26. The number of rotatable bonds is 5. The van der Waals surface area contributed by atoms with Crippen molar-refractivity contribution in [2.75, 3.05) is 24.6 Å². The maximum atomic E-state index is 13.3. The predicted octanol–water partition coefficient (Wildman–Crippen LogP) is 4.42. The van der Waals surface area contributed by atoms with E-state index in [4.69, 9.17) is 4.74 Å². The number of carbonyl (C=O) groups excluding carboxylic acids is 2. The largest absolute Gasteiger partial charge is 0.457 e. The monoisotopic (exact) mass is 426 g/mol. The summed E-state index contributed by atoms with van der Waals surface area (Å²) in [5.74, 6) is -1.64. The van der Waals surface area contributed by atoms with E-state index in [2.05, 4.69) is 4.98 Å². The van der Waals surface area contributed by atoms with Gasteiger partial charge in [0.25, 0.3) is 0 Å². The maximum Gasteiger partial charge on any atom is 0.419 e. The number of thiophene rings is 1. The minimum absolute atomic E-state index is 0.0731. The molecule has 0 aromatic carbocycles. The molecular weight excluding hydrogens is 405 g/mol. The number of ketones is 1. The number of hydrogen-bond donors (Lipinski definition) is 0. The van der Waals surface area contributed by atoms with Crippen molar-refractivity contribution in [2.45, 2.75) is 32.9 Å². The van der Waals surface area contributed by atoms with Crippen LogP contribution in [0.2, 0.25) is 0 Å². The number of piperidine rings is 1. The van der Waals surface area contributed by atoms with Gasteiger partial charge in [0.05, 0.1) is 11.5 Å². The van der Waals surface area contributed by atoms with E-state index in [0.29, 0.717) is 24.9 Å². The van der Waals surface area contributed by atoms with Crippen molar-refractivity contribution in [3.63, 3.8) is 0 Å². The second-order valence-corrected chi connectivity index (χ2v) is 8.48. The lowest BCUT2D eigenvalue weighted by atomic mass is 9.97. The van der Waals surface area contributed by atoms with E-state index in [0.717, 1.165) is 15.8 Å². The third-order valence-electron chi connectivity index (χ3n) is 4.83. The smallest absolute Gasteiger partial charge is 0.419 e. The first kappa shape index (κ1) is 21.3. The summed E-state index contributed by atoms with van der Waals surface area (Å²) in [6.45, 7) is 3.80. The fourth-order valence-electron chi connectivity index (χ4n) is 3.47. The average molecular weight is 426 g/mol. The number of esters is 1. The number of anilines is 1. The molecule has 156 valence electrons. The number of pyridine rings is 1. The van der Waals surface area contributed by atoms with Gasteiger partial charge in [0.2, 0.25) is 5.78 Å². The van der Waals surface area contributed by atoms with Gasteiger partial charge in [-0.25, -0.2) is 4.98 Å². The molecule has 0 radical (unpaired) electrons. The molecule has 1 unspecified atom stereocenters. The molecule has 1 fully saturated rings. The van der Waals surface area contributed by atoms with Crippen LogP contribution in [-0.2, 0) is 15.7 Å². The van der Waals surface area contributed by atoms with Crippen molar-refractivity contribution in [1.82, 2.24) is 4.98 Å². The normalized spacial score (nSPS) is 17.3. The van der Waals surface area contributed by atoms with Gasteiger partial charge in [-0.1, -0.05) is 0 Å². The molecule has 1 aliphatic rings. The van der Waals surface area contributed by atoms with E-state index in [1.54, 1.807) is 6.07 Å². The summed E-state index contributed by atoms with van der Waals surface area (Å²) in [5.41, 5.74) is -0.290. The van der Waals surface area contributed by atoms with Gasteiger partial charge in [0, 0.05) is 34.6 Å². The fourth-order valence-corrected chi connectivity index (χ4v) is 4.41. The average Bonchev–Trinajstić information content (AvgIpc) is 3.03. The van der Waals surface area contributed by atoms with Crippen molar-refractivity contribution in [3.05, 3.63) is 45.3 Å². The van der Waals surface area contributed by atoms with Crippen LogP contribution in [0, 0.1) is 19.8 Å². The number of ether oxygens (including phenoxy) is 1. The number of carbonyl (C=O) groups is 2. The Bertz CT molecular complexity index is 911. The molecule has 2 aromatic rings. The molecule has 0 bridgehead atoms. The summed E-state index contributed by atoms with van der Waals surface area (Å²) in [4.78, 5) is 31.9. The lowest BCUT2D eigenvalue weighted by Gasteiger charge is -2.33. The molecule has 9 heteroatoms. The molecule has 2 aromatic heterocycles. The Hall–Kier alpha value is -2.42. The molecule has 29 heavy (non-hydrogen) atoms. The minimum atomic E-state index is -4.53. The highest BCUT2D eigenvalue weighted by Crippen LogP contribution is 2.36.